The lowest BCUT2D eigenvalue weighted by Crippen LogP contribution is -1.97. The number of hydrogen-bond acceptors (Lipinski definition) is 4. The molecule has 0 bridgehead atoms. The Morgan fingerprint density at radius 3 is 2.31 bits per heavy atom. The molecule has 0 aliphatic rings. The lowest BCUT2D eigenvalue weighted by molar-refractivity contribution is 0.469. The fraction of sp³-hybridized carbons (Fsp3) is 0. The zero-order valence-electron chi connectivity index (χ0n) is 7.95. The summed E-state index contributed by atoms with van der Waals surface area (Å²) in [4.78, 5) is -0.414. The number of phenols is 2. The maximum Gasteiger partial charge on any atom is 0.294 e. The molecule has 0 atom stereocenters. The first-order valence-electron chi connectivity index (χ1n) is 4.31. The smallest absolute Gasteiger partial charge is 0.294 e. The summed E-state index contributed by atoms with van der Waals surface area (Å²) in [6.07, 6.45) is 0. The van der Waals surface area contributed by atoms with E-state index in [-0.39, 0.29) is 11.5 Å². The van der Waals surface area contributed by atoms with Crippen LogP contribution in [0.4, 0.5) is 0 Å². The van der Waals surface area contributed by atoms with Crippen LogP contribution in [0.3, 0.4) is 0 Å². The van der Waals surface area contributed by atoms with Crippen LogP contribution >= 0.6 is 0 Å². The summed E-state index contributed by atoms with van der Waals surface area (Å²) in [7, 11) is -4.37. The molecule has 0 saturated heterocycles. The SMILES string of the molecule is O=S(=O)(O)c1cc(O)c2ccc(O)cc2c1. The van der Waals surface area contributed by atoms with Gasteiger partial charge in [-0.25, -0.2) is 0 Å². The van der Waals surface area contributed by atoms with Crippen molar-refractivity contribution < 1.29 is 23.2 Å². The molecule has 0 aliphatic heterocycles. The van der Waals surface area contributed by atoms with E-state index in [1.807, 2.05) is 0 Å². The highest BCUT2D eigenvalue weighted by atomic mass is 32.2. The summed E-state index contributed by atoms with van der Waals surface area (Å²) in [5.41, 5.74) is 0. The second-order valence-corrected chi connectivity index (χ2v) is 4.74. The monoisotopic (exact) mass is 240 g/mol. The summed E-state index contributed by atoms with van der Waals surface area (Å²) in [5.74, 6) is -0.329. The zero-order valence-corrected chi connectivity index (χ0v) is 8.77. The van der Waals surface area contributed by atoms with E-state index in [9.17, 15) is 18.6 Å². The van der Waals surface area contributed by atoms with E-state index in [1.165, 1.54) is 24.3 Å². The van der Waals surface area contributed by atoms with E-state index in [0.29, 0.717) is 10.8 Å². The number of phenolic OH excluding ortho intramolecular Hbond substituents is 2. The quantitative estimate of drug-likeness (QED) is 0.656. The molecule has 0 saturated carbocycles. The minimum absolute atomic E-state index is 0.0561. The van der Waals surface area contributed by atoms with Gasteiger partial charge in [0.25, 0.3) is 10.1 Å². The largest absolute Gasteiger partial charge is 0.508 e. The highest BCUT2D eigenvalue weighted by Crippen LogP contribution is 2.30. The first-order valence-corrected chi connectivity index (χ1v) is 5.75. The fourth-order valence-electron chi connectivity index (χ4n) is 1.46. The van der Waals surface area contributed by atoms with Crippen LogP contribution in [0.2, 0.25) is 0 Å². The van der Waals surface area contributed by atoms with Gasteiger partial charge >= 0.3 is 0 Å². The molecule has 0 aromatic heterocycles. The minimum Gasteiger partial charge on any atom is -0.508 e. The van der Waals surface area contributed by atoms with Crippen molar-refractivity contribution in [3.05, 3.63) is 30.3 Å². The van der Waals surface area contributed by atoms with Crippen LogP contribution in [0, 0.1) is 0 Å². The summed E-state index contributed by atoms with van der Waals surface area (Å²) in [6, 6.07) is 6.24. The normalized spacial score (nSPS) is 11.8. The molecule has 6 heteroatoms. The Balaban J connectivity index is 2.85. The Morgan fingerprint density at radius 2 is 1.69 bits per heavy atom. The highest BCUT2D eigenvalue weighted by Gasteiger charge is 2.13. The van der Waals surface area contributed by atoms with Crippen LogP contribution in [0.25, 0.3) is 10.8 Å². The number of rotatable bonds is 1. The predicted molar refractivity (Wildman–Crippen MR) is 57.1 cm³/mol. The third-order valence-electron chi connectivity index (χ3n) is 2.19. The lowest BCUT2D eigenvalue weighted by atomic mass is 10.1. The van der Waals surface area contributed by atoms with Crippen LogP contribution in [-0.2, 0) is 10.1 Å². The maximum absolute atomic E-state index is 10.9. The van der Waals surface area contributed by atoms with Crippen molar-refractivity contribution in [2.75, 3.05) is 0 Å². The van der Waals surface area contributed by atoms with Crippen molar-refractivity contribution in [3.63, 3.8) is 0 Å². The van der Waals surface area contributed by atoms with Gasteiger partial charge in [0.1, 0.15) is 11.5 Å². The van der Waals surface area contributed by atoms with Gasteiger partial charge in [0, 0.05) is 11.5 Å². The van der Waals surface area contributed by atoms with Gasteiger partial charge in [0.05, 0.1) is 4.90 Å². The molecule has 2 aromatic carbocycles. The van der Waals surface area contributed by atoms with E-state index in [0.717, 1.165) is 6.07 Å². The van der Waals surface area contributed by atoms with Crippen molar-refractivity contribution in [1.29, 1.82) is 0 Å². The lowest BCUT2D eigenvalue weighted by Gasteiger charge is -2.04. The predicted octanol–water partition coefficient (Wildman–Crippen LogP) is 1.50. The van der Waals surface area contributed by atoms with Gasteiger partial charge < -0.3 is 10.2 Å². The van der Waals surface area contributed by atoms with E-state index in [4.69, 9.17) is 4.55 Å². The van der Waals surface area contributed by atoms with Crippen LogP contribution in [0.5, 0.6) is 11.5 Å². The Kier molecular flexibility index (Phi) is 2.25. The van der Waals surface area contributed by atoms with Crippen LogP contribution in [0.15, 0.2) is 35.2 Å². The second-order valence-electron chi connectivity index (χ2n) is 3.32. The van der Waals surface area contributed by atoms with Crippen molar-refractivity contribution in [3.8, 4) is 11.5 Å². The number of hydrogen-bond donors (Lipinski definition) is 3. The third kappa shape index (κ3) is 1.80. The average Bonchev–Trinajstić information content (AvgIpc) is 2.15. The molecule has 0 heterocycles. The van der Waals surface area contributed by atoms with Gasteiger partial charge in [0.15, 0.2) is 0 Å². The molecule has 16 heavy (non-hydrogen) atoms. The number of benzene rings is 2. The van der Waals surface area contributed by atoms with Gasteiger partial charge in [0.2, 0.25) is 0 Å². The summed E-state index contributed by atoms with van der Waals surface area (Å²) in [5, 5.41) is 19.5. The van der Waals surface area contributed by atoms with E-state index in [1.54, 1.807) is 0 Å². The highest BCUT2D eigenvalue weighted by molar-refractivity contribution is 7.85. The first-order chi connectivity index (χ1) is 7.38. The average molecular weight is 240 g/mol. The molecule has 0 amide bonds. The van der Waals surface area contributed by atoms with Crippen molar-refractivity contribution in [2.45, 2.75) is 4.90 Å². The molecular formula is C10H8O5S. The topological polar surface area (TPSA) is 94.8 Å². The van der Waals surface area contributed by atoms with Gasteiger partial charge in [-0.1, -0.05) is 0 Å². The van der Waals surface area contributed by atoms with Gasteiger partial charge in [-0.2, -0.15) is 8.42 Å². The van der Waals surface area contributed by atoms with E-state index in [2.05, 4.69) is 0 Å². The first kappa shape index (κ1) is 10.7. The molecule has 0 fully saturated rings. The van der Waals surface area contributed by atoms with Gasteiger partial charge in [-0.15, -0.1) is 0 Å². The Morgan fingerprint density at radius 1 is 1.00 bits per heavy atom. The Bertz CT molecular complexity index is 660. The molecule has 5 nitrogen and oxygen atoms in total. The fourth-order valence-corrected chi connectivity index (χ4v) is 2.00. The van der Waals surface area contributed by atoms with Crippen LogP contribution in [0.1, 0.15) is 0 Å². The molecule has 0 unspecified atom stereocenters. The van der Waals surface area contributed by atoms with Crippen molar-refractivity contribution in [2.24, 2.45) is 0 Å². The molecule has 3 N–H and O–H groups in total. The summed E-state index contributed by atoms with van der Waals surface area (Å²) in [6.45, 7) is 0. The van der Waals surface area contributed by atoms with Gasteiger partial charge in [-0.05, 0) is 29.7 Å². The minimum atomic E-state index is -4.37. The molecule has 84 valence electrons. The molecule has 0 aliphatic carbocycles. The van der Waals surface area contributed by atoms with Crippen LogP contribution < -0.4 is 0 Å². The number of fused-ring (bicyclic) bond motifs is 1. The third-order valence-corrected chi connectivity index (χ3v) is 3.02. The number of aromatic hydroxyl groups is 2. The Hall–Kier alpha value is -1.79. The molecular weight excluding hydrogens is 232 g/mol. The van der Waals surface area contributed by atoms with E-state index < -0.39 is 15.0 Å². The van der Waals surface area contributed by atoms with E-state index >= 15 is 0 Å². The summed E-state index contributed by atoms with van der Waals surface area (Å²) < 4.78 is 30.6. The maximum atomic E-state index is 10.9. The molecule has 0 radical (unpaired) electrons. The summed E-state index contributed by atoms with van der Waals surface area (Å²) >= 11 is 0. The van der Waals surface area contributed by atoms with Crippen molar-refractivity contribution >= 4 is 20.9 Å². The standard InChI is InChI=1S/C10H8O5S/c11-7-1-2-9-6(3-7)4-8(5-10(9)12)16(13,14)15/h1-5,11-12H,(H,13,14,15). The molecule has 0 spiro atoms. The second kappa shape index (κ2) is 3.36. The van der Waals surface area contributed by atoms with Gasteiger partial charge in [-0.3, -0.25) is 4.55 Å². The Labute approximate surface area is 91.3 Å². The molecule has 2 rings (SSSR count). The van der Waals surface area contributed by atoms with Crippen molar-refractivity contribution in [1.82, 2.24) is 0 Å². The van der Waals surface area contributed by atoms with Crippen LogP contribution in [-0.4, -0.2) is 23.2 Å². The molecule has 2 aromatic rings. The zero-order chi connectivity index (χ0) is 11.9.